The topological polar surface area (TPSA) is 112 Å². The zero-order chi connectivity index (χ0) is 24.1. The van der Waals surface area contributed by atoms with E-state index in [0.717, 1.165) is 29.3 Å². The van der Waals surface area contributed by atoms with Gasteiger partial charge in [0, 0.05) is 25.7 Å². The minimum absolute atomic E-state index is 0.392. The van der Waals surface area contributed by atoms with Gasteiger partial charge in [-0.15, -0.1) is 0 Å². The summed E-state index contributed by atoms with van der Waals surface area (Å²) in [4.78, 5) is 16.8. The molecule has 0 radical (unpaired) electrons. The van der Waals surface area contributed by atoms with Crippen LogP contribution in [0.5, 0.6) is 0 Å². The van der Waals surface area contributed by atoms with Crippen molar-refractivity contribution in [2.45, 2.75) is 26.9 Å². The number of methoxy groups -OCH3 is 1. The van der Waals surface area contributed by atoms with E-state index < -0.39 is 5.97 Å². The molecule has 4 aromatic rings. The molecule has 2 heterocycles. The van der Waals surface area contributed by atoms with Gasteiger partial charge in [-0.05, 0) is 44.2 Å². The summed E-state index contributed by atoms with van der Waals surface area (Å²) < 4.78 is 8.81. The molecule has 0 spiro atoms. The van der Waals surface area contributed by atoms with Gasteiger partial charge in [-0.25, -0.2) is 14.5 Å². The molecule has 0 aliphatic carbocycles. The number of nitrogens with two attached hydrogens (primary N) is 1. The number of hydrogen-bond acceptors (Lipinski definition) is 7. The van der Waals surface area contributed by atoms with Gasteiger partial charge in [0.15, 0.2) is 0 Å². The Kier molecular flexibility index (Phi) is 6.82. The first-order valence-corrected chi connectivity index (χ1v) is 11.1. The van der Waals surface area contributed by atoms with Crippen LogP contribution in [-0.4, -0.2) is 39.0 Å². The summed E-state index contributed by atoms with van der Waals surface area (Å²) in [5, 5.41) is 11.2. The molecule has 0 aliphatic heterocycles. The molecule has 0 aliphatic rings. The van der Waals surface area contributed by atoms with E-state index in [9.17, 15) is 4.79 Å². The Morgan fingerprint density at radius 1 is 1.18 bits per heavy atom. The first kappa shape index (κ1) is 22.9. The van der Waals surface area contributed by atoms with Crippen molar-refractivity contribution >= 4 is 40.1 Å². The highest BCUT2D eigenvalue weighted by atomic mass is 16.5. The van der Waals surface area contributed by atoms with E-state index >= 15 is 0 Å². The highest BCUT2D eigenvalue weighted by Gasteiger charge is 2.15. The van der Waals surface area contributed by atoms with Crippen LogP contribution in [0.1, 0.15) is 23.0 Å². The lowest BCUT2D eigenvalue weighted by Gasteiger charge is -2.10. The third-order valence-corrected chi connectivity index (χ3v) is 5.44. The van der Waals surface area contributed by atoms with E-state index in [1.807, 2.05) is 61.0 Å². The molecule has 2 aromatic carbocycles. The summed E-state index contributed by atoms with van der Waals surface area (Å²) in [6.45, 7) is 5.95. The molecule has 0 amide bonds. The quantitative estimate of drug-likeness (QED) is 0.194. The third kappa shape index (κ3) is 4.88. The average molecular weight is 460 g/mol. The normalized spacial score (nSPS) is 11.3. The number of aryl methyl sites for hydroxylation is 2. The second kappa shape index (κ2) is 10.1. The van der Waals surface area contributed by atoms with Crippen molar-refractivity contribution in [2.75, 3.05) is 30.0 Å². The monoisotopic (exact) mass is 459 g/mol. The number of esters is 1. The minimum atomic E-state index is -0.392. The molecular formula is C25H29N7O2. The number of anilines is 4. The van der Waals surface area contributed by atoms with Gasteiger partial charge >= 0.3 is 5.97 Å². The third-order valence-electron chi connectivity index (χ3n) is 5.44. The number of hydrogen-bond donors (Lipinski definition) is 3. The summed E-state index contributed by atoms with van der Waals surface area (Å²) in [5.41, 5.74) is 10.6. The van der Waals surface area contributed by atoms with Crippen LogP contribution in [0.2, 0.25) is 0 Å². The lowest BCUT2D eigenvalue weighted by atomic mass is 10.2. The highest BCUT2D eigenvalue weighted by Crippen LogP contribution is 2.25. The Labute approximate surface area is 198 Å². The van der Waals surface area contributed by atoms with Gasteiger partial charge in [-0.1, -0.05) is 24.3 Å². The maximum Gasteiger partial charge on any atom is 0.337 e. The second-order valence-electron chi connectivity index (χ2n) is 7.79. The van der Waals surface area contributed by atoms with Crippen LogP contribution >= 0.6 is 0 Å². The molecule has 0 bridgehead atoms. The van der Waals surface area contributed by atoms with Crippen LogP contribution in [0, 0.1) is 6.92 Å². The summed E-state index contributed by atoms with van der Waals surface area (Å²) in [6, 6.07) is 15.0. The first-order valence-electron chi connectivity index (χ1n) is 11.1. The van der Waals surface area contributed by atoms with Crippen LogP contribution in [0.15, 0.2) is 60.7 Å². The number of fused-ring (bicyclic) bond motifs is 1. The summed E-state index contributed by atoms with van der Waals surface area (Å²) in [7, 11) is 1.37. The number of imidazole rings is 1. The number of para-hydroxylation sites is 2. The lowest BCUT2D eigenvalue weighted by Crippen LogP contribution is -2.08. The molecule has 2 aromatic heterocycles. The van der Waals surface area contributed by atoms with Crippen molar-refractivity contribution in [3.05, 3.63) is 71.9 Å². The fraction of sp³-hybridized carbons (Fsp3) is 0.240. The molecule has 0 atom stereocenters. The average Bonchev–Trinajstić information content (AvgIpc) is 3.37. The smallest absolute Gasteiger partial charge is 0.337 e. The zero-order valence-corrected chi connectivity index (χ0v) is 19.6. The van der Waals surface area contributed by atoms with Crippen molar-refractivity contribution in [3.63, 3.8) is 0 Å². The van der Waals surface area contributed by atoms with Gasteiger partial charge in [0.25, 0.3) is 0 Å². The molecule has 0 fully saturated rings. The van der Waals surface area contributed by atoms with E-state index in [-0.39, 0.29) is 0 Å². The number of benzene rings is 2. The Hall–Kier alpha value is -4.27. The molecule has 0 saturated carbocycles. The van der Waals surface area contributed by atoms with Crippen molar-refractivity contribution < 1.29 is 9.53 Å². The number of allylic oxidation sites excluding steroid dienone is 1. The fourth-order valence-electron chi connectivity index (χ4n) is 3.75. The van der Waals surface area contributed by atoms with Crippen molar-refractivity contribution in [1.82, 2.24) is 19.3 Å². The van der Waals surface area contributed by atoms with Crippen molar-refractivity contribution in [1.29, 1.82) is 0 Å². The molecule has 0 unspecified atom stereocenters. The predicted molar refractivity (Wildman–Crippen MR) is 135 cm³/mol. The molecule has 176 valence electrons. The number of nitrogens with one attached hydrogen (secondary N) is 2. The van der Waals surface area contributed by atoms with Gasteiger partial charge < -0.3 is 25.7 Å². The maximum atomic E-state index is 12.0. The Morgan fingerprint density at radius 2 is 2.00 bits per heavy atom. The molecule has 0 saturated heterocycles. The molecule has 9 nitrogen and oxygen atoms in total. The number of carbonyl (C=O) groups is 1. The molecule has 9 heteroatoms. The SMILES string of the molecule is CCn1nc(C)cc1Nc1nc2cc(C(=O)OC)ccc2n1C/C=C/CNc1ccccc1N. The molecule has 34 heavy (non-hydrogen) atoms. The second-order valence-corrected chi connectivity index (χ2v) is 7.79. The van der Waals surface area contributed by atoms with Crippen LogP contribution in [0.25, 0.3) is 11.0 Å². The standard InChI is InChI=1S/C25H29N7O2/c1-4-32-23(15-17(2)30-32)29-25-28-21-16-18(24(33)34-3)11-12-22(21)31(25)14-8-7-13-27-20-10-6-5-9-19(20)26/h5-12,15-16,27H,4,13-14,26H2,1-3H3,(H,28,29)/b8-7+. The van der Waals surface area contributed by atoms with Crippen molar-refractivity contribution in [3.8, 4) is 0 Å². The van der Waals surface area contributed by atoms with Gasteiger partial charge in [0.1, 0.15) is 5.82 Å². The Morgan fingerprint density at radius 3 is 2.76 bits per heavy atom. The van der Waals surface area contributed by atoms with E-state index in [4.69, 9.17) is 15.5 Å². The van der Waals surface area contributed by atoms with Crippen LogP contribution in [-0.2, 0) is 17.8 Å². The number of aromatic nitrogens is 4. The molecule has 4 rings (SSSR count). The summed E-state index contributed by atoms with van der Waals surface area (Å²) in [6.07, 6.45) is 4.11. The Bertz CT molecular complexity index is 1340. The van der Waals surface area contributed by atoms with Gasteiger partial charge in [-0.3, -0.25) is 0 Å². The van der Waals surface area contributed by atoms with Crippen LogP contribution in [0.4, 0.5) is 23.1 Å². The largest absolute Gasteiger partial charge is 0.465 e. The van der Waals surface area contributed by atoms with Crippen molar-refractivity contribution in [2.24, 2.45) is 0 Å². The Balaban J connectivity index is 1.60. The molecular weight excluding hydrogens is 430 g/mol. The number of carbonyl (C=O) groups excluding carboxylic acids is 1. The minimum Gasteiger partial charge on any atom is -0.465 e. The fourth-order valence-corrected chi connectivity index (χ4v) is 3.75. The van der Waals surface area contributed by atoms with Crippen LogP contribution < -0.4 is 16.4 Å². The van der Waals surface area contributed by atoms with E-state index in [0.29, 0.717) is 35.8 Å². The zero-order valence-electron chi connectivity index (χ0n) is 19.6. The summed E-state index contributed by atoms with van der Waals surface area (Å²) >= 11 is 0. The highest BCUT2D eigenvalue weighted by molar-refractivity contribution is 5.94. The van der Waals surface area contributed by atoms with Crippen LogP contribution in [0.3, 0.4) is 0 Å². The van der Waals surface area contributed by atoms with Gasteiger partial charge in [-0.2, -0.15) is 5.10 Å². The first-order chi connectivity index (χ1) is 16.5. The lowest BCUT2D eigenvalue weighted by molar-refractivity contribution is 0.0601. The number of rotatable bonds is 9. The maximum absolute atomic E-state index is 12.0. The molecule has 4 N–H and O–H groups in total. The predicted octanol–water partition coefficient (Wildman–Crippen LogP) is 4.34. The van der Waals surface area contributed by atoms with E-state index in [1.54, 1.807) is 12.1 Å². The van der Waals surface area contributed by atoms with E-state index in [1.165, 1.54) is 7.11 Å². The number of ether oxygens (including phenoxy) is 1. The van der Waals surface area contributed by atoms with Gasteiger partial charge in [0.05, 0.1) is 40.8 Å². The number of nitrogen functional groups attached to an aromatic ring is 1. The number of nitrogens with zero attached hydrogens (tertiary/aromatic N) is 4. The van der Waals surface area contributed by atoms with Gasteiger partial charge in [0.2, 0.25) is 5.95 Å². The summed E-state index contributed by atoms with van der Waals surface area (Å²) in [5.74, 6) is 1.13. The van der Waals surface area contributed by atoms with E-state index in [2.05, 4.69) is 26.4 Å².